The predicted molar refractivity (Wildman–Crippen MR) is 36.7 cm³/mol. The van der Waals surface area contributed by atoms with Crippen LogP contribution >= 0.6 is 0 Å². The number of rotatable bonds is 4. The Morgan fingerprint density at radius 1 is 1.42 bits per heavy atom. The molecule has 0 amide bonds. The van der Waals surface area contributed by atoms with Crippen LogP contribution in [0.15, 0.2) is 4.99 Å². The second-order valence-corrected chi connectivity index (χ2v) is 1.49. The normalized spacial score (nSPS) is 10.5. The summed E-state index contributed by atoms with van der Waals surface area (Å²) in [5.74, 6) is -0.505. The molecule has 0 fully saturated rings. The van der Waals surface area contributed by atoms with E-state index in [4.69, 9.17) is 5.73 Å². The fraction of sp³-hybridized carbons (Fsp3) is 0.500. The molecule has 0 rings (SSSR count). The van der Waals surface area contributed by atoms with Crippen LogP contribution in [-0.4, -0.2) is 22.7 Å². The van der Waals surface area contributed by atoms with Crippen LogP contribution in [0.4, 0.5) is 0 Å². The van der Waals surface area contributed by atoms with Crippen molar-refractivity contribution in [3.63, 3.8) is 0 Å². The van der Waals surface area contributed by atoms with Crippen molar-refractivity contribution in [3.8, 4) is 0 Å². The van der Waals surface area contributed by atoms with E-state index < -0.39 is 22.7 Å². The molecule has 10 nitrogen and oxygen atoms in total. The quantitative estimate of drug-likeness (QED) is 0.192. The molecular weight excluding hydrogens is 172 g/mol. The smallest absolute Gasteiger partial charge is 0.253 e. The molecule has 0 aromatic rings. The van der Waals surface area contributed by atoms with Crippen LogP contribution in [0.5, 0.6) is 0 Å². The van der Waals surface area contributed by atoms with Crippen molar-refractivity contribution in [2.75, 3.05) is 6.67 Å². The lowest BCUT2D eigenvalue weighted by Gasteiger charge is -1.94. The van der Waals surface area contributed by atoms with Crippen molar-refractivity contribution in [2.24, 2.45) is 10.7 Å². The summed E-state index contributed by atoms with van der Waals surface area (Å²) in [6.45, 7) is -0.431. The molecule has 0 spiro atoms. The van der Waals surface area contributed by atoms with Crippen LogP contribution in [0.3, 0.4) is 0 Å². The van der Waals surface area contributed by atoms with E-state index in [-0.39, 0.29) is 0 Å². The molecule has 0 aliphatic rings. The molecule has 12 heavy (non-hydrogen) atoms. The summed E-state index contributed by atoms with van der Waals surface area (Å²) >= 11 is 0. The zero-order chi connectivity index (χ0) is 9.56. The summed E-state index contributed by atoms with van der Waals surface area (Å²) in [4.78, 5) is 22.5. The first-order valence-electron chi connectivity index (χ1n) is 2.61. The molecule has 0 aliphatic heterocycles. The summed E-state index contributed by atoms with van der Waals surface area (Å²) in [5.41, 5.74) is 8.04. The van der Waals surface area contributed by atoms with Gasteiger partial charge in [0, 0.05) is 0 Å². The Bertz CT molecular complexity index is 212. The highest BCUT2D eigenvalue weighted by atomic mass is 16.7. The number of nitrogens with one attached hydrogen (secondary N) is 2. The lowest BCUT2D eigenvalue weighted by atomic mass is 11.0. The summed E-state index contributed by atoms with van der Waals surface area (Å²) in [7, 11) is 0. The van der Waals surface area contributed by atoms with Crippen LogP contribution in [0.1, 0.15) is 0 Å². The molecule has 0 unspecified atom stereocenters. The second-order valence-electron chi connectivity index (χ2n) is 1.49. The van der Waals surface area contributed by atoms with Gasteiger partial charge in [-0.05, 0) is 0 Å². The maximum absolute atomic E-state index is 9.69. The van der Waals surface area contributed by atoms with Gasteiger partial charge in [0.25, 0.3) is 5.96 Å². The van der Waals surface area contributed by atoms with Crippen LogP contribution in [-0.2, 0) is 0 Å². The third kappa shape index (κ3) is 6.00. The number of hydrazine groups is 2. The minimum Gasteiger partial charge on any atom is -0.365 e. The second kappa shape index (κ2) is 4.65. The highest BCUT2D eigenvalue weighted by Gasteiger charge is 1.98. The van der Waals surface area contributed by atoms with Gasteiger partial charge in [0.1, 0.15) is 0 Å². The molecule has 0 radical (unpaired) electrons. The molecular formula is C2H6N6O4. The van der Waals surface area contributed by atoms with E-state index in [1.54, 1.807) is 5.43 Å². The zero-order valence-electron chi connectivity index (χ0n) is 5.76. The van der Waals surface area contributed by atoms with Crippen LogP contribution in [0.25, 0.3) is 0 Å². The molecule has 0 saturated carbocycles. The van der Waals surface area contributed by atoms with Gasteiger partial charge in [0.05, 0.1) is 0 Å². The van der Waals surface area contributed by atoms with Gasteiger partial charge in [-0.2, -0.15) is 0 Å². The van der Waals surface area contributed by atoms with Gasteiger partial charge < -0.3 is 5.73 Å². The summed E-state index contributed by atoms with van der Waals surface area (Å²) in [5, 5.41) is 17.5. The van der Waals surface area contributed by atoms with Crippen LogP contribution in [0.2, 0.25) is 0 Å². The van der Waals surface area contributed by atoms with Crippen molar-refractivity contribution >= 4 is 5.96 Å². The van der Waals surface area contributed by atoms with Crippen LogP contribution in [0, 0.1) is 20.2 Å². The lowest BCUT2D eigenvalue weighted by Crippen LogP contribution is -2.37. The number of nitrogens with two attached hydrogens (primary N) is 1. The molecule has 0 heterocycles. The summed E-state index contributed by atoms with van der Waals surface area (Å²) < 4.78 is 0. The first-order valence-corrected chi connectivity index (χ1v) is 2.61. The number of guanidine groups is 1. The van der Waals surface area contributed by atoms with E-state index >= 15 is 0 Å². The number of nitro groups is 2. The number of hydrogen-bond donors (Lipinski definition) is 3. The van der Waals surface area contributed by atoms with Crippen molar-refractivity contribution in [3.05, 3.63) is 20.2 Å². The van der Waals surface area contributed by atoms with Crippen molar-refractivity contribution in [2.45, 2.75) is 0 Å². The Kier molecular flexibility index (Phi) is 3.82. The van der Waals surface area contributed by atoms with Gasteiger partial charge >= 0.3 is 0 Å². The maximum Gasteiger partial charge on any atom is 0.253 e. The average Bonchev–Trinajstić information content (AvgIpc) is 1.84. The third-order valence-electron chi connectivity index (χ3n) is 0.655. The Morgan fingerprint density at radius 3 is 2.42 bits per heavy atom. The van der Waals surface area contributed by atoms with Crippen molar-refractivity contribution < 1.29 is 10.1 Å². The molecule has 0 saturated heterocycles. The van der Waals surface area contributed by atoms with E-state index in [1.165, 1.54) is 5.43 Å². The maximum atomic E-state index is 9.69. The molecule has 0 aromatic heterocycles. The monoisotopic (exact) mass is 178 g/mol. The van der Waals surface area contributed by atoms with Gasteiger partial charge in [0.2, 0.25) is 0 Å². The molecule has 0 aromatic carbocycles. The zero-order valence-corrected chi connectivity index (χ0v) is 5.76. The first kappa shape index (κ1) is 9.87. The largest absolute Gasteiger partial charge is 0.365 e. The highest BCUT2D eigenvalue weighted by Crippen LogP contribution is 1.66. The van der Waals surface area contributed by atoms with E-state index in [0.29, 0.717) is 0 Å². The molecule has 68 valence electrons. The van der Waals surface area contributed by atoms with Gasteiger partial charge in [-0.25, -0.2) is 25.2 Å². The van der Waals surface area contributed by atoms with E-state index in [0.717, 1.165) is 0 Å². The fourth-order valence-corrected chi connectivity index (χ4v) is 0.307. The number of nitrogens with zero attached hydrogens (tertiary/aromatic N) is 3. The summed E-state index contributed by atoms with van der Waals surface area (Å²) in [6, 6.07) is 0. The SMILES string of the molecule is N/C(=N/CN[N+](=O)[O-])N[N+](=O)[O-]. The predicted octanol–water partition coefficient (Wildman–Crippen LogP) is -2.18. The molecule has 10 heteroatoms. The lowest BCUT2D eigenvalue weighted by molar-refractivity contribution is -0.544. The van der Waals surface area contributed by atoms with Gasteiger partial charge in [0.15, 0.2) is 16.7 Å². The first-order chi connectivity index (χ1) is 5.52. The van der Waals surface area contributed by atoms with Crippen molar-refractivity contribution in [1.82, 2.24) is 10.9 Å². The molecule has 0 bridgehead atoms. The molecule has 4 N–H and O–H groups in total. The Morgan fingerprint density at radius 2 is 2.00 bits per heavy atom. The minimum atomic E-state index is -0.926. The van der Waals surface area contributed by atoms with Crippen LogP contribution < -0.4 is 16.6 Å². The molecule has 0 atom stereocenters. The Labute approximate surface area is 65.7 Å². The third-order valence-corrected chi connectivity index (χ3v) is 0.655. The van der Waals surface area contributed by atoms with Gasteiger partial charge in [-0.1, -0.05) is 5.43 Å². The van der Waals surface area contributed by atoms with Crippen molar-refractivity contribution in [1.29, 1.82) is 0 Å². The molecule has 0 aliphatic carbocycles. The summed E-state index contributed by atoms with van der Waals surface area (Å²) in [6.07, 6.45) is 0. The Hall–Kier alpha value is -2.13. The van der Waals surface area contributed by atoms with Gasteiger partial charge in [-0.3, -0.25) is 0 Å². The average molecular weight is 178 g/mol. The Balaban J connectivity index is 3.69. The standard InChI is InChI=1S/C2H6N6O4/c3-2(6-8(11)12)4-1-5-7(9)10/h5H,1H2,(H3,3,4,6). The number of hydrogen-bond acceptors (Lipinski definition) is 5. The highest BCUT2D eigenvalue weighted by molar-refractivity contribution is 5.76. The topological polar surface area (TPSA) is 149 Å². The number of aliphatic imine (C=N–C) groups is 1. The van der Waals surface area contributed by atoms with E-state index in [2.05, 4.69) is 4.99 Å². The minimum absolute atomic E-state index is 0.431. The van der Waals surface area contributed by atoms with E-state index in [9.17, 15) is 20.2 Å². The van der Waals surface area contributed by atoms with Gasteiger partial charge in [-0.15, -0.1) is 5.43 Å². The van der Waals surface area contributed by atoms with E-state index in [1.807, 2.05) is 0 Å². The fourth-order valence-electron chi connectivity index (χ4n) is 0.307.